The lowest BCUT2D eigenvalue weighted by atomic mass is 10.1. The molecule has 1 fully saturated rings. The highest BCUT2D eigenvalue weighted by molar-refractivity contribution is 5.31. The summed E-state index contributed by atoms with van der Waals surface area (Å²) in [6.07, 6.45) is 4.66. The van der Waals surface area contributed by atoms with Crippen molar-refractivity contribution in [1.82, 2.24) is 19.6 Å². The van der Waals surface area contributed by atoms with Gasteiger partial charge in [-0.3, -0.25) is 4.90 Å². The molecule has 1 atom stereocenters. The Hall–Kier alpha value is -1.76. The fourth-order valence-corrected chi connectivity index (χ4v) is 3.05. The van der Waals surface area contributed by atoms with Crippen LogP contribution in [0.15, 0.2) is 36.7 Å². The zero-order chi connectivity index (χ0) is 16.2. The summed E-state index contributed by atoms with van der Waals surface area (Å²) in [6, 6.07) is 6.73. The lowest BCUT2D eigenvalue weighted by molar-refractivity contribution is 0.0743. The predicted octanol–water partition coefficient (Wildman–Crippen LogP) is 1.51. The molecule has 5 nitrogen and oxygen atoms in total. The number of piperazine rings is 1. The van der Waals surface area contributed by atoms with Gasteiger partial charge < -0.3 is 10.0 Å². The Morgan fingerprint density at radius 3 is 2.78 bits per heavy atom. The average molecular weight is 318 g/mol. The van der Waals surface area contributed by atoms with Gasteiger partial charge in [-0.15, -0.1) is 0 Å². The van der Waals surface area contributed by atoms with Crippen molar-refractivity contribution in [1.29, 1.82) is 0 Å². The maximum Gasteiger partial charge on any atom is 0.123 e. The molecule has 0 saturated carbocycles. The summed E-state index contributed by atoms with van der Waals surface area (Å²) in [6.45, 7) is 4.05. The quantitative estimate of drug-likeness (QED) is 0.908. The number of hydrogen-bond donors (Lipinski definition) is 1. The molecule has 0 amide bonds. The van der Waals surface area contributed by atoms with Crippen molar-refractivity contribution in [3.63, 3.8) is 0 Å². The molecule has 0 aliphatic carbocycles. The van der Waals surface area contributed by atoms with Gasteiger partial charge in [0.15, 0.2) is 0 Å². The summed E-state index contributed by atoms with van der Waals surface area (Å²) >= 11 is 0. The number of hydrogen-bond acceptors (Lipinski definition) is 4. The third kappa shape index (κ3) is 3.96. The number of aliphatic hydroxyl groups excluding tert-OH is 1. The fraction of sp³-hybridized carbons (Fsp3) is 0.471. The number of likely N-dealkylation sites (N-methyl/N-ethyl adjacent to an activating group) is 1. The van der Waals surface area contributed by atoms with E-state index in [1.807, 2.05) is 12.4 Å². The molecule has 124 valence electrons. The number of aromatic nitrogens is 2. The van der Waals surface area contributed by atoms with Gasteiger partial charge in [-0.05, 0) is 37.7 Å². The fourth-order valence-electron chi connectivity index (χ4n) is 3.05. The smallest absolute Gasteiger partial charge is 0.123 e. The van der Waals surface area contributed by atoms with Crippen LogP contribution in [0.5, 0.6) is 0 Å². The molecule has 2 heterocycles. The molecule has 3 rings (SSSR count). The second kappa shape index (κ2) is 7.21. The number of benzene rings is 1. The van der Waals surface area contributed by atoms with Crippen LogP contribution < -0.4 is 0 Å². The minimum atomic E-state index is -0.242. The van der Waals surface area contributed by atoms with E-state index in [9.17, 15) is 9.50 Å². The highest BCUT2D eigenvalue weighted by Gasteiger charge is 2.23. The molecule has 23 heavy (non-hydrogen) atoms. The van der Waals surface area contributed by atoms with E-state index in [1.165, 1.54) is 12.1 Å². The number of rotatable bonds is 5. The van der Waals surface area contributed by atoms with Crippen molar-refractivity contribution in [3.05, 3.63) is 48.0 Å². The zero-order valence-corrected chi connectivity index (χ0v) is 13.4. The molecule has 0 spiro atoms. The van der Waals surface area contributed by atoms with Crippen LogP contribution in [0, 0.1) is 5.82 Å². The normalized spacial score (nSPS) is 20.0. The van der Waals surface area contributed by atoms with E-state index in [0.29, 0.717) is 6.04 Å². The van der Waals surface area contributed by atoms with E-state index >= 15 is 0 Å². The standard InChI is InChI=1S/C17H23FN4O/c1-20-7-8-21(13-17(20)6-9-23)11-14-10-19-22(12-14)16-4-2-15(18)3-5-16/h2-5,10,12,17,23H,6-9,11,13H2,1H3. The molecule has 1 aromatic carbocycles. The van der Waals surface area contributed by atoms with Crippen molar-refractivity contribution < 1.29 is 9.50 Å². The molecule has 6 heteroatoms. The van der Waals surface area contributed by atoms with Crippen LogP contribution in [0.2, 0.25) is 0 Å². The maximum atomic E-state index is 13.0. The van der Waals surface area contributed by atoms with Gasteiger partial charge in [0, 0.05) is 50.6 Å². The molecule has 1 unspecified atom stereocenters. The van der Waals surface area contributed by atoms with Crippen LogP contribution in [-0.2, 0) is 6.54 Å². The first kappa shape index (κ1) is 16.1. The third-order valence-corrected chi connectivity index (χ3v) is 4.46. The van der Waals surface area contributed by atoms with Gasteiger partial charge in [-0.25, -0.2) is 9.07 Å². The highest BCUT2D eigenvalue weighted by atomic mass is 19.1. The summed E-state index contributed by atoms with van der Waals surface area (Å²) < 4.78 is 14.8. The van der Waals surface area contributed by atoms with Crippen molar-refractivity contribution in [2.24, 2.45) is 0 Å². The van der Waals surface area contributed by atoms with E-state index < -0.39 is 0 Å². The summed E-state index contributed by atoms with van der Waals surface area (Å²) in [7, 11) is 2.12. The minimum Gasteiger partial charge on any atom is -0.396 e. The van der Waals surface area contributed by atoms with Crippen LogP contribution in [0.25, 0.3) is 5.69 Å². The molecule has 1 saturated heterocycles. The second-order valence-electron chi connectivity index (χ2n) is 6.15. The van der Waals surface area contributed by atoms with Crippen molar-refractivity contribution >= 4 is 0 Å². The lowest BCUT2D eigenvalue weighted by Crippen LogP contribution is -2.51. The number of nitrogens with zero attached hydrogens (tertiary/aromatic N) is 4. The first-order valence-corrected chi connectivity index (χ1v) is 7.98. The number of aliphatic hydroxyl groups is 1. The SMILES string of the molecule is CN1CCN(Cc2cnn(-c3ccc(F)cc3)c2)CC1CCO. The van der Waals surface area contributed by atoms with Gasteiger partial charge >= 0.3 is 0 Å². The van der Waals surface area contributed by atoms with E-state index in [0.717, 1.165) is 43.9 Å². The molecular formula is C17H23FN4O. The largest absolute Gasteiger partial charge is 0.396 e. The van der Waals surface area contributed by atoms with Crippen LogP contribution in [0.1, 0.15) is 12.0 Å². The Labute approximate surface area is 135 Å². The predicted molar refractivity (Wildman–Crippen MR) is 86.9 cm³/mol. The van der Waals surface area contributed by atoms with E-state index in [-0.39, 0.29) is 12.4 Å². The van der Waals surface area contributed by atoms with Gasteiger partial charge in [0.1, 0.15) is 5.82 Å². The van der Waals surface area contributed by atoms with Gasteiger partial charge in [0.05, 0.1) is 11.9 Å². The first-order chi connectivity index (χ1) is 11.2. The maximum absolute atomic E-state index is 13.0. The molecule has 0 bridgehead atoms. The van der Waals surface area contributed by atoms with Gasteiger partial charge in [-0.1, -0.05) is 0 Å². The summed E-state index contributed by atoms with van der Waals surface area (Å²) in [4.78, 5) is 4.71. The Morgan fingerprint density at radius 1 is 1.26 bits per heavy atom. The zero-order valence-electron chi connectivity index (χ0n) is 13.4. The Balaban J connectivity index is 1.63. The summed E-state index contributed by atoms with van der Waals surface area (Å²) in [5.41, 5.74) is 2.00. The van der Waals surface area contributed by atoms with E-state index in [1.54, 1.807) is 16.8 Å². The molecule has 1 N–H and O–H groups in total. The summed E-state index contributed by atoms with van der Waals surface area (Å²) in [5.74, 6) is -0.242. The van der Waals surface area contributed by atoms with Crippen molar-refractivity contribution in [2.75, 3.05) is 33.3 Å². The topological polar surface area (TPSA) is 44.5 Å². The van der Waals surface area contributed by atoms with Crippen LogP contribution in [0.4, 0.5) is 4.39 Å². The monoisotopic (exact) mass is 318 g/mol. The average Bonchev–Trinajstić information content (AvgIpc) is 3.00. The van der Waals surface area contributed by atoms with Gasteiger partial charge in [0.25, 0.3) is 0 Å². The molecule has 1 aromatic heterocycles. The minimum absolute atomic E-state index is 0.228. The molecule has 1 aliphatic heterocycles. The first-order valence-electron chi connectivity index (χ1n) is 7.98. The van der Waals surface area contributed by atoms with Gasteiger partial charge in [-0.2, -0.15) is 5.10 Å². The Bertz CT molecular complexity index is 628. The van der Waals surface area contributed by atoms with Gasteiger partial charge in [0.2, 0.25) is 0 Å². The summed E-state index contributed by atoms with van der Waals surface area (Å²) in [5, 5.41) is 13.5. The molecule has 0 radical (unpaired) electrons. The van der Waals surface area contributed by atoms with Crippen LogP contribution in [0.3, 0.4) is 0 Å². The van der Waals surface area contributed by atoms with Crippen molar-refractivity contribution in [2.45, 2.75) is 19.0 Å². The Morgan fingerprint density at radius 2 is 2.04 bits per heavy atom. The van der Waals surface area contributed by atoms with E-state index in [4.69, 9.17) is 0 Å². The highest BCUT2D eigenvalue weighted by Crippen LogP contribution is 2.15. The van der Waals surface area contributed by atoms with Crippen LogP contribution in [-0.4, -0.2) is 64.0 Å². The molecular weight excluding hydrogens is 295 g/mol. The molecule has 1 aliphatic rings. The van der Waals surface area contributed by atoms with E-state index in [2.05, 4.69) is 21.9 Å². The second-order valence-corrected chi connectivity index (χ2v) is 6.15. The van der Waals surface area contributed by atoms with Crippen molar-refractivity contribution in [3.8, 4) is 5.69 Å². The Kier molecular flexibility index (Phi) is 5.05. The number of halogens is 1. The molecule has 2 aromatic rings. The van der Waals surface area contributed by atoms with Crippen LogP contribution >= 0.6 is 0 Å². The lowest BCUT2D eigenvalue weighted by Gasteiger charge is -2.39. The third-order valence-electron chi connectivity index (χ3n) is 4.46.